The van der Waals surface area contributed by atoms with Gasteiger partial charge in [-0.25, -0.2) is 0 Å². The minimum atomic E-state index is -1.29. The van der Waals surface area contributed by atoms with Crippen molar-refractivity contribution in [3.05, 3.63) is 38.9 Å². The van der Waals surface area contributed by atoms with Crippen molar-refractivity contribution in [1.82, 2.24) is 0 Å². The lowest BCUT2D eigenvalue weighted by molar-refractivity contribution is -0.385. The van der Waals surface area contributed by atoms with Gasteiger partial charge in [-0.3, -0.25) is 14.3 Å². The van der Waals surface area contributed by atoms with E-state index in [1.165, 1.54) is 12.1 Å². The van der Waals surface area contributed by atoms with Crippen LogP contribution in [0.5, 0.6) is 0 Å². The molecule has 2 N–H and O–H groups in total. The molecule has 0 fully saturated rings. The summed E-state index contributed by atoms with van der Waals surface area (Å²) in [5.74, 6) is 0.298. The molecule has 0 aliphatic carbocycles. The first kappa shape index (κ1) is 15.1. The molecule has 0 amide bonds. The van der Waals surface area contributed by atoms with Gasteiger partial charge in [0.2, 0.25) is 0 Å². The summed E-state index contributed by atoms with van der Waals surface area (Å²) in [7, 11) is -1.29. The number of halogens is 1. The van der Waals surface area contributed by atoms with Crippen molar-refractivity contribution in [3.8, 4) is 0 Å². The summed E-state index contributed by atoms with van der Waals surface area (Å²) < 4.78 is 11.9. The van der Waals surface area contributed by atoms with Crippen LogP contribution in [0.3, 0.4) is 0 Å². The second kappa shape index (κ2) is 5.77. The maximum Gasteiger partial charge on any atom is 0.275 e. The number of benzene rings is 1. The molecule has 0 bridgehead atoms. The summed E-state index contributed by atoms with van der Waals surface area (Å²) in [6.07, 6.45) is 0. The number of hydrogen-bond acceptors (Lipinski definition) is 4. The van der Waals surface area contributed by atoms with E-state index in [0.717, 1.165) is 0 Å². The Morgan fingerprint density at radius 1 is 1.50 bits per heavy atom. The van der Waals surface area contributed by atoms with Gasteiger partial charge in [-0.15, -0.1) is 0 Å². The fourth-order valence-electron chi connectivity index (χ4n) is 1.49. The molecule has 0 spiro atoms. The summed E-state index contributed by atoms with van der Waals surface area (Å²) in [5, 5.41) is 11.1. The van der Waals surface area contributed by atoms with Crippen LogP contribution in [0.2, 0.25) is 5.02 Å². The smallest absolute Gasteiger partial charge is 0.275 e. The largest absolute Gasteiger partial charge is 0.325 e. The molecule has 0 heterocycles. The van der Waals surface area contributed by atoms with Gasteiger partial charge in [-0.1, -0.05) is 17.7 Å². The molecule has 7 heteroatoms. The van der Waals surface area contributed by atoms with Crippen LogP contribution in [0.15, 0.2) is 18.2 Å². The second-order valence-corrected chi connectivity index (χ2v) is 6.58. The lowest BCUT2D eigenvalue weighted by Gasteiger charge is -2.17. The van der Waals surface area contributed by atoms with Crippen LogP contribution in [-0.4, -0.2) is 20.4 Å². The molecule has 1 unspecified atom stereocenters. The SMILES string of the molecule is CC(C)(N)CS(=O)Cc1c(Cl)cccc1[N+](=O)[O-]. The van der Waals surface area contributed by atoms with Crippen LogP contribution in [0.25, 0.3) is 0 Å². The Morgan fingerprint density at radius 2 is 2.11 bits per heavy atom. The van der Waals surface area contributed by atoms with E-state index in [1.807, 2.05) is 0 Å². The highest BCUT2D eigenvalue weighted by Crippen LogP contribution is 2.27. The fourth-order valence-corrected chi connectivity index (χ4v) is 3.36. The molecule has 1 atom stereocenters. The van der Waals surface area contributed by atoms with Gasteiger partial charge in [0.25, 0.3) is 5.69 Å². The number of nitro benzene ring substituents is 1. The Balaban J connectivity index is 2.97. The summed E-state index contributed by atoms with van der Waals surface area (Å²) in [6, 6.07) is 4.40. The molecular weight excluding hydrogens is 276 g/mol. The molecule has 1 rings (SSSR count). The minimum Gasteiger partial charge on any atom is -0.325 e. The van der Waals surface area contributed by atoms with E-state index in [9.17, 15) is 14.3 Å². The molecule has 18 heavy (non-hydrogen) atoms. The highest BCUT2D eigenvalue weighted by molar-refractivity contribution is 7.84. The monoisotopic (exact) mass is 290 g/mol. The standard InChI is InChI=1S/C11H15ClN2O3S/c1-11(2,13)7-18(17)6-8-9(12)4-3-5-10(8)14(15)16/h3-5H,6-7,13H2,1-2H3. The number of rotatable bonds is 5. The maximum absolute atomic E-state index is 11.9. The van der Waals surface area contributed by atoms with Gasteiger partial charge >= 0.3 is 0 Å². The van der Waals surface area contributed by atoms with E-state index in [2.05, 4.69) is 0 Å². The first-order valence-corrected chi connectivity index (χ1v) is 7.13. The molecule has 100 valence electrons. The summed E-state index contributed by atoms with van der Waals surface area (Å²) in [6.45, 7) is 3.51. The zero-order valence-corrected chi connectivity index (χ0v) is 11.8. The third-order valence-electron chi connectivity index (χ3n) is 2.13. The Bertz CT molecular complexity index is 486. The molecule has 1 aromatic rings. The summed E-state index contributed by atoms with van der Waals surface area (Å²) in [4.78, 5) is 10.3. The predicted molar refractivity (Wildman–Crippen MR) is 73.1 cm³/mol. The number of nitro groups is 1. The molecule has 0 aromatic heterocycles. The van der Waals surface area contributed by atoms with Crippen molar-refractivity contribution in [2.24, 2.45) is 5.73 Å². The van der Waals surface area contributed by atoms with Crippen molar-refractivity contribution < 1.29 is 9.13 Å². The maximum atomic E-state index is 11.9. The van der Waals surface area contributed by atoms with Gasteiger partial charge in [0, 0.05) is 28.2 Å². The topological polar surface area (TPSA) is 86.2 Å². The van der Waals surface area contributed by atoms with Crippen molar-refractivity contribution in [2.45, 2.75) is 25.1 Å². The Labute approximate surface area is 113 Å². The van der Waals surface area contributed by atoms with Gasteiger partial charge in [-0.2, -0.15) is 0 Å². The summed E-state index contributed by atoms with van der Waals surface area (Å²) >= 11 is 5.92. The molecule has 0 aliphatic rings. The van der Waals surface area contributed by atoms with E-state index in [4.69, 9.17) is 17.3 Å². The van der Waals surface area contributed by atoms with Gasteiger partial charge in [0.1, 0.15) is 0 Å². The van der Waals surface area contributed by atoms with Gasteiger partial charge < -0.3 is 5.73 Å². The van der Waals surface area contributed by atoms with Crippen LogP contribution >= 0.6 is 11.6 Å². The third kappa shape index (κ3) is 4.36. The average molecular weight is 291 g/mol. The number of hydrogen-bond donors (Lipinski definition) is 1. The second-order valence-electron chi connectivity index (χ2n) is 4.71. The van der Waals surface area contributed by atoms with Crippen molar-refractivity contribution >= 4 is 28.1 Å². The lowest BCUT2D eigenvalue weighted by atomic mass is 10.1. The van der Waals surface area contributed by atoms with Crippen molar-refractivity contribution in [1.29, 1.82) is 0 Å². The third-order valence-corrected chi connectivity index (χ3v) is 4.16. The van der Waals surface area contributed by atoms with Crippen LogP contribution in [0.1, 0.15) is 19.4 Å². The van der Waals surface area contributed by atoms with Crippen LogP contribution in [-0.2, 0) is 16.6 Å². The predicted octanol–water partition coefficient (Wildman–Crippen LogP) is 2.23. The van der Waals surface area contributed by atoms with E-state index < -0.39 is 21.3 Å². The molecular formula is C11H15ClN2O3S. The van der Waals surface area contributed by atoms with Crippen LogP contribution in [0.4, 0.5) is 5.69 Å². The number of nitrogens with two attached hydrogens (primary N) is 1. The average Bonchev–Trinajstić information content (AvgIpc) is 2.17. The fraction of sp³-hybridized carbons (Fsp3) is 0.455. The van der Waals surface area contributed by atoms with E-state index >= 15 is 0 Å². The Hall–Kier alpha value is -0.980. The van der Waals surface area contributed by atoms with E-state index in [1.54, 1.807) is 19.9 Å². The minimum absolute atomic E-state index is 0.0383. The molecule has 0 saturated heterocycles. The first-order chi connectivity index (χ1) is 8.20. The molecule has 0 saturated carbocycles. The molecule has 0 radical (unpaired) electrons. The van der Waals surface area contributed by atoms with Crippen LogP contribution < -0.4 is 5.73 Å². The van der Waals surface area contributed by atoms with Gasteiger partial charge in [0.15, 0.2) is 0 Å². The molecule has 0 aliphatic heterocycles. The normalized spacial score (nSPS) is 13.3. The quantitative estimate of drug-likeness (QED) is 0.665. The van der Waals surface area contributed by atoms with Crippen molar-refractivity contribution in [3.63, 3.8) is 0 Å². The molecule has 5 nitrogen and oxygen atoms in total. The Kier molecular flexibility index (Phi) is 4.84. The first-order valence-electron chi connectivity index (χ1n) is 5.26. The highest BCUT2D eigenvalue weighted by atomic mass is 35.5. The zero-order chi connectivity index (χ0) is 13.9. The molecule has 1 aromatic carbocycles. The van der Waals surface area contributed by atoms with Crippen LogP contribution in [0, 0.1) is 10.1 Å². The number of nitrogens with zero attached hydrogens (tertiary/aromatic N) is 1. The Morgan fingerprint density at radius 3 is 2.61 bits per heavy atom. The highest BCUT2D eigenvalue weighted by Gasteiger charge is 2.21. The zero-order valence-electron chi connectivity index (χ0n) is 10.2. The lowest BCUT2D eigenvalue weighted by Crippen LogP contribution is -2.38. The van der Waals surface area contributed by atoms with Crippen molar-refractivity contribution in [2.75, 3.05) is 5.75 Å². The van der Waals surface area contributed by atoms with Gasteiger partial charge in [-0.05, 0) is 19.9 Å². The van der Waals surface area contributed by atoms with E-state index in [-0.39, 0.29) is 22.2 Å². The van der Waals surface area contributed by atoms with E-state index in [0.29, 0.717) is 5.56 Å². The van der Waals surface area contributed by atoms with Gasteiger partial charge in [0.05, 0.1) is 21.3 Å². The summed E-state index contributed by atoms with van der Waals surface area (Å²) in [5.41, 5.74) is 5.38.